The number of carboxylic acids is 2. The SMILES string of the molecule is O=C(O)CCOCCOCCCc1ccc2c(c1)C(=O)C(C(=O)O)=CC2c1ccccc1. The van der Waals surface area contributed by atoms with Crippen LogP contribution in [0.3, 0.4) is 0 Å². The summed E-state index contributed by atoms with van der Waals surface area (Å²) in [6.07, 6.45) is 2.92. The first-order valence-electron chi connectivity index (χ1n) is 10.5. The Bertz CT molecular complexity index is 995. The van der Waals surface area contributed by atoms with Gasteiger partial charge in [0.15, 0.2) is 5.78 Å². The number of fused-ring (bicyclic) bond motifs is 1. The van der Waals surface area contributed by atoms with Crippen molar-refractivity contribution in [3.63, 3.8) is 0 Å². The molecular formula is C25H26O7. The van der Waals surface area contributed by atoms with Gasteiger partial charge in [0.25, 0.3) is 0 Å². The first-order valence-corrected chi connectivity index (χ1v) is 10.5. The molecule has 7 nitrogen and oxygen atoms in total. The molecule has 2 aromatic carbocycles. The number of allylic oxidation sites excluding steroid dienone is 1. The van der Waals surface area contributed by atoms with Crippen LogP contribution in [0.4, 0.5) is 0 Å². The van der Waals surface area contributed by atoms with Gasteiger partial charge in [-0.15, -0.1) is 0 Å². The van der Waals surface area contributed by atoms with Crippen molar-refractivity contribution in [1.29, 1.82) is 0 Å². The van der Waals surface area contributed by atoms with Gasteiger partial charge in [-0.2, -0.15) is 0 Å². The van der Waals surface area contributed by atoms with E-state index in [9.17, 15) is 19.5 Å². The summed E-state index contributed by atoms with van der Waals surface area (Å²) in [4.78, 5) is 34.9. The number of hydrogen-bond acceptors (Lipinski definition) is 5. The number of benzene rings is 2. The Labute approximate surface area is 186 Å². The van der Waals surface area contributed by atoms with E-state index < -0.39 is 17.7 Å². The summed E-state index contributed by atoms with van der Waals surface area (Å²) in [5, 5.41) is 18.1. The van der Waals surface area contributed by atoms with Crippen molar-refractivity contribution < 1.29 is 34.1 Å². The molecule has 7 heteroatoms. The van der Waals surface area contributed by atoms with E-state index in [1.807, 2.05) is 42.5 Å². The molecule has 0 fully saturated rings. The lowest BCUT2D eigenvalue weighted by atomic mass is 9.79. The predicted octanol–water partition coefficient (Wildman–Crippen LogP) is 3.47. The third kappa shape index (κ3) is 6.12. The molecule has 168 valence electrons. The first kappa shape index (κ1) is 23.4. The fourth-order valence-corrected chi connectivity index (χ4v) is 3.67. The number of aliphatic carboxylic acids is 2. The Hall–Kier alpha value is -3.29. The Kier molecular flexibility index (Phi) is 8.30. The van der Waals surface area contributed by atoms with Crippen molar-refractivity contribution in [1.82, 2.24) is 0 Å². The second kappa shape index (κ2) is 11.4. The molecule has 0 aliphatic heterocycles. The van der Waals surface area contributed by atoms with Gasteiger partial charge in [0.2, 0.25) is 0 Å². The highest BCUT2D eigenvalue weighted by atomic mass is 16.5. The molecule has 0 aromatic heterocycles. The monoisotopic (exact) mass is 438 g/mol. The molecule has 1 aliphatic carbocycles. The largest absolute Gasteiger partial charge is 0.481 e. The third-order valence-corrected chi connectivity index (χ3v) is 5.25. The van der Waals surface area contributed by atoms with Crippen LogP contribution in [0.5, 0.6) is 0 Å². The maximum atomic E-state index is 12.8. The lowest BCUT2D eigenvalue weighted by Crippen LogP contribution is -2.21. The standard InChI is InChI=1S/C25H26O7/c26-23(27)10-12-32-14-13-31-11-4-5-17-8-9-19-20(18-6-2-1-3-7-18)16-22(25(29)30)24(28)21(19)15-17/h1-3,6-9,15-16,20H,4-5,10-14H2,(H,26,27)(H,29,30). The topological polar surface area (TPSA) is 110 Å². The van der Waals surface area contributed by atoms with E-state index in [0.29, 0.717) is 31.8 Å². The molecule has 3 rings (SSSR count). The molecule has 0 saturated heterocycles. The smallest absolute Gasteiger partial charge is 0.339 e. The van der Waals surface area contributed by atoms with Gasteiger partial charge in [0.1, 0.15) is 5.57 Å². The number of aryl methyl sites for hydroxylation is 1. The molecule has 2 N–H and O–H groups in total. The number of Topliss-reactive ketones (excluding diaryl/α,β-unsaturated/α-hetero) is 1. The summed E-state index contributed by atoms with van der Waals surface area (Å²) in [5.74, 6) is -2.86. The molecule has 0 radical (unpaired) electrons. The highest BCUT2D eigenvalue weighted by Gasteiger charge is 2.31. The lowest BCUT2D eigenvalue weighted by Gasteiger charge is -2.23. The molecule has 0 bridgehead atoms. The molecule has 32 heavy (non-hydrogen) atoms. The van der Waals surface area contributed by atoms with Gasteiger partial charge >= 0.3 is 11.9 Å². The van der Waals surface area contributed by atoms with Crippen LogP contribution in [0.25, 0.3) is 0 Å². The van der Waals surface area contributed by atoms with E-state index in [1.165, 1.54) is 6.08 Å². The first-order chi connectivity index (χ1) is 15.5. The summed E-state index contributed by atoms with van der Waals surface area (Å²) in [6, 6.07) is 15.2. The zero-order valence-corrected chi connectivity index (χ0v) is 17.7. The zero-order chi connectivity index (χ0) is 22.9. The van der Waals surface area contributed by atoms with Crippen molar-refractivity contribution >= 4 is 17.7 Å². The summed E-state index contributed by atoms with van der Waals surface area (Å²) in [6.45, 7) is 1.39. The Morgan fingerprint density at radius 2 is 1.62 bits per heavy atom. The van der Waals surface area contributed by atoms with Crippen LogP contribution in [0.15, 0.2) is 60.2 Å². The molecule has 0 spiro atoms. The number of rotatable bonds is 12. The molecule has 1 unspecified atom stereocenters. The quantitative estimate of drug-likeness (QED) is 0.386. The molecule has 0 amide bonds. The van der Waals surface area contributed by atoms with E-state index >= 15 is 0 Å². The van der Waals surface area contributed by atoms with Gasteiger partial charge in [-0.1, -0.05) is 48.5 Å². The third-order valence-electron chi connectivity index (χ3n) is 5.25. The van der Waals surface area contributed by atoms with E-state index in [-0.39, 0.29) is 24.5 Å². The number of carbonyl (C=O) groups excluding carboxylic acids is 1. The second-order valence-electron chi connectivity index (χ2n) is 7.50. The maximum Gasteiger partial charge on any atom is 0.339 e. The van der Waals surface area contributed by atoms with Gasteiger partial charge in [0, 0.05) is 18.1 Å². The fourth-order valence-electron chi connectivity index (χ4n) is 3.67. The Morgan fingerprint density at radius 3 is 2.31 bits per heavy atom. The maximum absolute atomic E-state index is 12.8. The van der Waals surface area contributed by atoms with Crippen LogP contribution in [0.1, 0.15) is 45.8 Å². The van der Waals surface area contributed by atoms with Gasteiger partial charge in [-0.3, -0.25) is 9.59 Å². The molecule has 2 aromatic rings. The summed E-state index contributed by atoms with van der Waals surface area (Å²) < 4.78 is 10.7. The van der Waals surface area contributed by atoms with Crippen LogP contribution >= 0.6 is 0 Å². The van der Waals surface area contributed by atoms with E-state index in [2.05, 4.69) is 0 Å². The summed E-state index contributed by atoms with van der Waals surface area (Å²) >= 11 is 0. The number of hydrogen-bond donors (Lipinski definition) is 2. The molecule has 0 saturated carbocycles. The van der Waals surface area contributed by atoms with Crippen molar-refractivity contribution in [2.75, 3.05) is 26.4 Å². The van der Waals surface area contributed by atoms with Gasteiger partial charge in [-0.25, -0.2) is 4.79 Å². The summed E-state index contributed by atoms with van der Waals surface area (Å²) in [5.41, 5.74) is 2.92. The van der Waals surface area contributed by atoms with Crippen molar-refractivity contribution in [2.24, 2.45) is 0 Å². The molecule has 0 heterocycles. The van der Waals surface area contributed by atoms with Crippen molar-refractivity contribution in [3.8, 4) is 0 Å². The average Bonchev–Trinajstić information content (AvgIpc) is 2.78. The van der Waals surface area contributed by atoms with Gasteiger partial charge < -0.3 is 19.7 Å². The van der Waals surface area contributed by atoms with Crippen LogP contribution in [-0.2, 0) is 25.5 Å². The molecule has 1 atom stereocenters. The minimum atomic E-state index is -1.22. The van der Waals surface area contributed by atoms with E-state index in [1.54, 1.807) is 6.07 Å². The van der Waals surface area contributed by atoms with Gasteiger partial charge in [0.05, 0.1) is 26.2 Å². The molecular weight excluding hydrogens is 412 g/mol. The predicted molar refractivity (Wildman–Crippen MR) is 117 cm³/mol. The van der Waals surface area contributed by atoms with Crippen molar-refractivity contribution in [3.05, 3.63) is 82.4 Å². The minimum absolute atomic E-state index is 0.0268. The number of carbonyl (C=O) groups is 3. The highest BCUT2D eigenvalue weighted by molar-refractivity contribution is 6.25. The lowest BCUT2D eigenvalue weighted by molar-refractivity contribution is -0.138. The average molecular weight is 438 g/mol. The Balaban J connectivity index is 1.60. The van der Waals surface area contributed by atoms with Crippen LogP contribution in [0.2, 0.25) is 0 Å². The van der Waals surface area contributed by atoms with E-state index in [0.717, 1.165) is 23.1 Å². The van der Waals surface area contributed by atoms with Crippen LogP contribution < -0.4 is 0 Å². The highest BCUT2D eigenvalue weighted by Crippen LogP contribution is 2.35. The number of ketones is 1. The summed E-state index contributed by atoms with van der Waals surface area (Å²) in [7, 11) is 0. The fraction of sp³-hybridized carbons (Fsp3) is 0.320. The number of ether oxygens (including phenoxy) is 2. The zero-order valence-electron chi connectivity index (χ0n) is 17.7. The van der Waals surface area contributed by atoms with Crippen LogP contribution in [0, 0.1) is 0 Å². The number of carboxylic acid groups (broad SMARTS) is 2. The second-order valence-corrected chi connectivity index (χ2v) is 7.50. The normalized spacial score (nSPS) is 15.2. The minimum Gasteiger partial charge on any atom is -0.481 e. The molecule has 1 aliphatic rings. The van der Waals surface area contributed by atoms with Crippen LogP contribution in [-0.4, -0.2) is 54.4 Å². The Morgan fingerprint density at radius 1 is 0.906 bits per heavy atom. The van der Waals surface area contributed by atoms with E-state index in [4.69, 9.17) is 14.6 Å². The van der Waals surface area contributed by atoms with Crippen molar-refractivity contribution in [2.45, 2.75) is 25.2 Å². The van der Waals surface area contributed by atoms with Gasteiger partial charge in [-0.05, 0) is 35.6 Å².